The fourth-order valence-corrected chi connectivity index (χ4v) is 1.24. The Morgan fingerprint density at radius 3 is 2.95 bits per heavy atom. The Labute approximate surface area is 108 Å². The van der Waals surface area contributed by atoms with Gasteiger partial charge in [0, 0.05) is 11.8 Å². The van der Waals surface area contributed by atoms with Gasteiger partial charge < -0.3 is 5.11 Å². The molecule has 2 rings (SSSR count). The Kier molecular flexibility index (Phi) is 3.80. The number of tetrazole rings is 1. The molecule has 0 aliphatic carbocycles. The highest BCUT2D eigenvalue weighted by Gasteiger charge is 2.10. The number of aliphatic hydroxyl groups is 1. The zero-order valence-corrected chi connectivity index (χ0v) is 10.0. The molecule has 0 aliphatic rings. The second-order valence-electron chi connectivity index (χ2n) is 3.45. The molecule has 0 unspecified atom stereocenters. The number of carbonyl (C=O) groups excluding carboxylic acids is 1. The Balaban J connectivity index is 2.07. The lowest BCUT2D eigenvalue weighted by atomic mass is 10.2. The topological polar surface area (TPSA) is 106 Å². The van der Waals surface area contributed by atoms with Gasteiger partial charge in [0.25, 0.3) is 11.9 Å². The minimum atomic E-state index is -0.435. The summed E-state index contributed by atoms with van der Waals surface area (Å²) in [6.45, 7) is -0.222. The average molecular weight is 258 g/mol. The SMILES string of the molecule is Cn1nnc(NC(=O)c2ccc(C#CCO)cn2)n1. The van der Waals surface area contributed by atoms with E-state index >= 15 is 0 Å². The minimum Gasteiger partial charge on any atom is -0.384 e. The van der Waals surface area contributed by atoms with Crippen LogP contribution in [0.15, 0.2) is 18.3 Å². The summed E-state index contributed by atoms with van der Waals surface area (Å²) < 4.78 is 0. The van der Waals surface area contributed by atoms with Gasteiger partial charge in [0.05, 0.1) is 7.05 Å². The van der Waals surface area contributed by atoms with Crippen LogP contribution in [-0.2, 0) is 7.05 Å². The Morgan fingerprint density at radius 2 is 2.37 bits per heavy atom. The highest BCUT2D eigenvalue weighted by molar-refractivity contribution is 6.01. The molecule has 0 saturated heterocycles. The number of carbonyl (C=O) groups is 1. The van der Waals surface area contributed by atoms with Crippen LogP contribution in [-0.4, -0.2) is 42.8 Å². The molecule has 0 aliphatic heterocycles. The van der Waals surface area contributed by atoms with Crippen LogP contribution in [0, 0.1) is 11.8 Å². The largest absolute Gasteiger partial charge is 0.384 e. The Morgan fingerprint density at radius 1 is 1.53 bits per heavy atom. The third-order valence-electron chi connectivity index (χ3n) is 2.04. The number of nitrogens with zero attached hydrogens (tertiary/aromatic N) is 5. The lowest BCUT2D eigenvalue weighted by Crippen LogP contribution is -2.14. The fourth-order valence-electron chi connectivity index (χ4n) is 1.24. The Hall–Kier alpha value is -2.79. The monoisotopic (exact) mass is 258 g/mol. The van der Waals surface area contributed by atoms with E-state index in [9.17, 15) is 4.79 Å². The van der Waals surface area contributed by atoms with Crippen LogP contribution >= 0.6 is 0 Å². The van der Waals surface area contributed by atoms with Crippen molar-refractivity contribution in [2.75, 3.05) is 11.9 Å². The molecule has 0 fully saturated rings. The summed E-state index contributed by atoms with van der Waals surface area (Å²) in [4.78, 5) is 17.0. The molecule has 2 N–H and O–H groups in total. The van der Waals surface area contributed by atoms with Crippen LogP contribution in [0.1, 0.15) is 16.1 Å². The molecule has 96 valence electrons. The van der Waals surface area contributed by atoms with Gasteiger partial charge in [-0.3, -0.25) is 10.1 Å². The molecule has 1 amide bonds. The first-order chi connectivity index (χ1) is 9.19. The van der Waals surface area contributed by atoms with E-state index in [-0.39, 0.29) is 18.2 Å². The molecule has 0 radical (unpaired) electrons. The number of anilines is 1. The van der Waals surface area contributed by atoms with Crippen molar-refractivity contribution in [3.8, 4) is 11.8 Å². The van der Waals surface area contributed by atoms with E-state index in [2.05, 4.69) is 37.6 Å². The van der Waals surface area contributed by atoms with Gasteiger partial charge in [-0.2, -0.15) is 4.80 Å². The molecule has 0 saturated carbocycles. The van der Waals surface area contributed by atoms with Gasteiger partial charge in [0.1, 0.15) is 12.3 Å². The second kappa shape index (κ2) is 5.70. The maximum Gasteiger partial charge on any atom is 0.276 e. The van der Waals surface area contributed by atoms with Gasteiger partial charge >= 0.3 is 0 Å². The summed E-state index contributed by atoms with van der Waals surface area (Å²) in [6.07, 6.45) is 1.45. The van der Waals surface area contributed by atoms with E-state index in [1.165, 1.54) is 17.1 Å². The molecule has 0 bridgehead atoms. The molecule has 2 aromatic heterocycles. The molecule has 0 atom stereocenters. The summed E-state index contributed by atoms with van der Waals surface area (Å²) in [5, 5.41) is 22.1. The predicted molar refractivity (Wildman–Crippen MR) is 65.0 cm³/mol. The molecule has 8 heteroatoms. The van der Waals surface area contributed by atoms with Crippen molar-refractivity contribution < 1.29 is 9.90 Å². The molecule has 0 spiro atoms. The highest BCUT2D eigenvalue weighted by Crippen LogP contribution is 2.02. The third-order valence-corrected chi connectivity index (χ3v) is 2.04. The molecular formula is C11H10N6O2. The van der Waals surface area contributed by atoms with Crippen molar-refractivity contribution in [2.24, 2.45) is 7.05 Å². The van der Waals surface area contributed by atoms with E-state index in [0.29, 0.717) is 5.56 Å². The van der Waals surface area contributed by atoms with Gasteiger partial charge in [0.2, 0.25) is 0 Å². The smallest absolute Gasteiger partial charge is 0.276 e. The van der Waals surface area contributed by atoms with E-state index in [1.54, 1.807) is 13.1 Å². The van der Waals surface area contributed by atoms with Gasteiger partial charge in [-0.25, -0.2) is 4.98 Å². The Bertz CT molecular complexity index is 637. The van der Waals surface area contributed by atoms with Gasteiger partial charge in [-0.15, -0.1) is 5.10 Å². The first kappa shape index (κ1) is 12.7. The van der Waals surface area contributed by atoms with Crippen molar-refractivity contribution in [1.82, 2.24) is 25.2 Å². The molecule has 2 heterocycles. The van der Waals surface area contributed by atoms with Gasteiger partial charge in [-0.1, -0.05) is 16.9 Å². The van der Waals surface area contributed by atoms with Crippen molar-refractivity contribution in [3.63, 3.8) is 0 Å². The lowest BCUT2D eigenvalue weighted by Gasteiger charge is -1.99. The van der Waals surface area contributed by atoms with Crippen LogP contribution in [0.3, 0.4) is 0 Å². The first-order valence-electron chi connectivity index (χ1n) is 5.30. The summed E-state index contributed by atoms with van der Waals surface area (Å²) in [7, 11) is 1.59. The second-order valence-corrected chi connectivity index (χ2v) is 3.45. The van der Waals surface area contributed by atoms with E-state index in [1.807, 2.05) is 0 Å². The van der Waals surface area contributed by atoms with Crippen molar-refractivity contribution in [3.05, 3.63) is 29.6 Å². The number of aryl methyl sites for hydroxylation is 1. The van der Waals surface area contributed by atoms with Crippen LogP contribution < -0.4 is 5.32 Å². The number of hydrogen-bond donors (Lipinski definition) is 2. The van der Waals surface area contributed by atoms with E-state index in [4.69, 9.17) is 5.11 Å². The first-order valence-corrected chi connectivity index (χ1v) is 5.30. The highest BCUT2D eigenvalue weighted by atomic mass is 16.2. The number of rotatable bonds is 2. The number of aromatic nitrogens is 5. The summed E-state index contributed by atoms with van der Waals surface area (Å²) in [5.74, 6) is 4.85. The van der Waals surface area contributed by atoms with Crippen LogP contribution in [0.4, 0.5) is 5.95 Å². The maximum absolute atomic E-state index is 11.8. The predicted octanol–water partition coefficient (Wildman–Crippen LogP) is -0.799. The number of pyridine rings is 1. The van der Waals surface area contributed by atoms with Crippen molar-refractivity contribution in [1.29, 1.82) is 0 Å². The number of amides is 1. The van der Waals surface area contributed by atoms with Crippen LogP contribution in [0.5, 0.6) is 0 Å². The minimum absolute atomic E-state index is 0.110. The number of nitrogens with one attached hydrogen (secondary N) is 1. The zero-order valence-electron chi connectivity index (χ0n) is 10.0. The summed E-state index contributed by atoms with van der Waals surface area (Å²) >= 11 is 0. The molecule has 19 heavy (non-hydrogen) atoms. The van der Waals surface area contributed by atoms with Crippen LogP contribution in [0.2, 0.25) is 0 Å². The standard InChI is InChI=1S/C11H10N6O2/c1-17-15-11(14-16-17)13-10(19)9-5-4-8(7-12-9)3-2-6-18/h4-5,7,18H,6H2,1H3,(H,13,15,19). The fraction of sp³-hybridized carbons (Fsp3) is 0.182. The zero-order chi connectivity index (χ0) is 13.7. The lowest BCUT2D eigenvalue weighted by molar-refractivity contribution is 0.102. The maximum atomic E-state index is 11.8. The van der Waals surface area contributed by atoms with Gasteiger partial charge in [0.15, 0.2) is 0 Å². The number of aliphatic hydroxyl groups excluding tert-OH is 1. The third kappa shape index (κ3) is 3.34. The summed E-state index contributed by atoms with van der Waals surface area (Å²) in [6, 6.07) is 3.15. The molecule has 8 nitrogen and oxygen atoms in total. The average Bonchev–Trinajstić information content (AvgIpc) is 2.82. The quantitative estimate of drug-likeness (QED) is 0.683. The van der Waals surface area contributed by atoms with E-state index < -0.39 is 5.91 Å². The van der Waals surface area contributed by atoms with Crippen molar-refractivity contribution >= 4 is 11.9 Å². The summed E-state index contributed by atoms with van der Waals surface area (Å²) in [5.41, 5.74) is 0.824. The van der Waals surface area contributed by atoms with Crippen molar-refractivity contribution in [2.45, 2.75) is 0 Å². The molecule has 0 aromatic carbocycles. The van der Waals surface area contributed by atoms with E-state index in [0.717, 1.165) is 0 Å². The molecule has 2 aromatic rings. The normalized spacial score (nSPS) is 9.58. The van der Waals surface area contributed by atoms with Crippen LogP contribution in [0.25, 0.3) is 0 Å². The molecular weight excluding hydrogens is 248 g/mol. The number of hydrogen-bond acceptors (Lipinski definition) is 6. The van der Waals surface area contributed by atoms with Gasteiger partial charge in [-0.05, 0) is 17.3 Å².